The largest absolute Gasteiger partial charge is 0.488 e. The van der Waals surface area contributed by atoms with Crippen molar-refractivity contribution in [1.29, 1.82) is 0 Å². The summed E-state index contributed by atoms with van der Waals surface area (Å²) in [6, 6.07) is 75.4. The van der Waals surface area contributed by atoms with Crippen molar-refractivity contribution in [2.45, 2.75) is 33.1 Å². The number of fused-ring (bicyclic) bond motifs is 4. The molecule has 1 aliphatic heterocycles. The summed E-state index contributed by atoms with van der Waals surface area (Å²) in [6.45, 7) is 10.9. The first-order chi connectivity index (χ1) is 33.7. The molecule has 0 aliphatic carbocycles. The molecule has 0 atom stereocenters. The average molecular weight is 1080 g/mol. The Morgan fingerprint density at radius 3 is 1.77 bits per heavy atom. The molecule has 0 saturated heterocycles. The van der Waals surface area contributed by atoms with Gasteiger partial charge in [-0.25, -0.2) is 4.98 Å². The summed E-state index contributed by atoms with van der Waals surface area (Å²) in [5.41, 5.74) is 15.3. The van der Waals surface area contributed by atoms with Crippen LogP contribution < -0.4 is 9.80 Å². The van der Waals surface area contributed by atoms with Crippen LogP contribution in [0.3, 0.4) is 0 Å². The van der Waals surface area contributed by atoms with E-state index in [1.807, 2.05) is 18.3 Å². The molecule has 8 heteroatoms. The van der Waals surface area contributed by atoms with Gasteiger partial charge < -0.3 is 19.4 Å². The average Bonchev–Trinajstić information content (AvgIpc) is 3.95. The molecule has 0 fully saturated rings. The zero-order valence-corrected chi connectivity index (χ0v) is 41.3. The van der Waals surface area contributed by atoms with Crippen molar-refractivity contribution in [2.75, 3.05) is 9.80 Å². The fourth-order valence-electron chi connectivity index (χ4n) is 9.48. The van der Waals surface area contributed by atoms with Gasteiger partial charge in [-0.2, -0.15) is 0 Å². The second-order valence-corrected chi connectivity index (χ2v) is 18.5. The van der Waals surface area contributed by atoms with E-state index in [1.165, 1.54) is 5.56 Å². The van der Waals surface area contributed by atoms with Gasteiger partial charge in [0.25, 0.3) is 0 Å². The maximum atomic E-state index is 5.25. The first-order valence-corrected chi connectivity index (χ1v) is 23.3. The van der Waals surface area contributed by atoms with Crippen molar-refractivity contribution < 1.29 is 21.1 Å². The number of hydrogen-bond acceptors (Lipinski definition) is 6. The van der Waals surface area contributed by atoms with Gasteiger partial charge in [0.15, 0.2) is 0 Å². The number of aryl methyl sites for hydroxylation is 1. The van der Waals surface area contributed by atoms with Gasteiger partial charge >= 0.3 is 0 Å². The van der Waals surface area contributed by atoms with Gasteiger partial charge in [-0.05, 0) is 75.8 Å². The molecule has 3 aromatic heterocycles. The third-order valence-electron chi connectivity index (χ3n) is 13.0. The molecule has 12 rings (SSSR count). The van der Waals surface area contributed by atoms with Gasteiger partial charge in [0.05, 0.1) is 11.6 Å². The second kappa shape index (κ2) is 18.2. The number of benzene rings is 8. The van der Waals surface area contributed by atoms with Crippen LogP contribution in [-0.2, 0) is 26.5 Å². The van der Waals surface area contributed by atoms with E-state index in [0.29, 0.717) is 17.5 Å². The summed E-state index contributed by atoms with van der Waals surface area (Å²) < 4.78 is 2.18. The third-order valence-corrected chi connectivity index (χ3v) is 13.0. The number of rotatable bonds is 8. The fourth-order valence-corrected chi connectivity index (χ4v) is 9.48. The van der Waals surface area contributed by atoms with Crippen LogP contribution in [0.5, 0.6) is 0 Å². The number of aromatic nitrogens is 5. The Kier molecular flexibility index (Phi) is 11.5. The summed E-state index contributed by atoms with van der Waals surface area (Å²) in [6.07, 6.45) is 1.86. The summed E-state index contributed by atoms with van der Waals surface area (Å²) in [4.78, 5) is 25.0. The number of nitrogens with zero attached hydrogens (tertiary/aromatic N) is 7. The second-order valence-electron chi connectivity index (χ2n) is 18.5. The minimum atomic E-state index is -0.00808. The van der Waals surface area contributed by atoms with E-state index < -0.39 is 0 Å². The molecule has 4 heterocycles. The van der Waals surface area contributed by atoms with Gasteiger partial charge in [-0.15, -0.1) is 60.3 Å². The molecular formula is C62H46N7Pt-3. The Bertz CT molecular complexity index is 3650. The SMILES string of the molecule is Cc1ccnc(-n2c3[c-]c(-c4nc(-c5[c-]c(N6[CH-]N(c7c(-c8ccccc8)cccc7-c7ccccc7)c7ccccc76)ccc5)nc(-c5ccc(C(C)(C)C)cc5)n4)ccc3c3ccccc32)c1.[Pt]. The number of pyridine rings is 1. The van der Waals surface area contributed by atoms with Gasteiger partial charge in [-0.1, -0.05) is 165 Å². The Labute approximate surface area is 423 Å². The van der Waals surface area contributed by atoms with Crippen molar-refractivity contribution in [3.8, 4) is 62.2 Å². The molecule has 342 valence electrons. The Hall–Kier alpha value is -7.99. The van der Waals surface area contributed by atoms with Crippen molar-refractivity contribution in [3.05, 3.63) is 230 Å². The molecule has 0 unspecified atom stereocenters. The quantitative estimate of drug-likeness (QED) is 0.141. The Morgan fingerprint density at radius 1 is 0.500 bits per heavy atom. The maximum absolute atomic E-state index is 5.25. The summed E-state index contributed by atoms with van der Waals surface area (Å²) in [5, 5.41) is 2.20. The molecule has 0 radical (unpaired) electrons. The van der Waals surface area contributed by atoms with Crippen LogP contribution >= 0.6 is 0 Å². The van der Waals surface area contributed by atoms with E-state index in [1.54, 1.807) is 0 Å². The van der Waals surface area contributed by atoms with Crippen LogP contribution in [0.25, 0.3) is 84.0 Å². The van der Waals surface area contributed by atoms with E-state index in [2.05, 4.69) is 243 Å². The van der Waals surface area contributed by atoms with Crippen molar-refractivity contribution >= 4 is 44.6 Å². The molecule has 8 aromatic carbocycles. The maximum Gasteiger partial charge on any atom is 0.144 e. The predicted molar refractivity (Wildman–Crippen MR) is 282 cm³/mol. The molecule has 0 bridgehead atoms. The number of hydrogen-bond donors (Lipinski definition) is 0. The number of para-hydroxylation sites is 4. The Morgan fingerprint density at radius 2 is 1.10 bits per heavy atom. The predicted octanol–water partition coefficient (Wildman–Crippen LogP) is 15.3. The van der Waals surface area contributed by atoms with Crippen molar-refractivity contribution in [3.63, 3.8) is 0 Å². The normalized spacial score (nSPS) is 12.3. The van der Waals surface area contributed by atoms with E-state index in [0.717, 1.165) is 94.9 Å². The van der Waals surface area contributed by atoms with Crippen LogP contribution in [0.4, 0.5) is 22.7 Å². The summed E-state index contributed by atoms with van der Waals surface area (Å²) >= 11 is 0. The first kappa shape index (κ1) is 44.5. The molecule has 0 spiro atoms. The van der Waals surface area contributed by atoms with Crippen LogP contribution in [0.15, 0.2) is 200 Å². The van der Waals surface area contributed by atoms with Gasteiger partial charge in [0.2, 0.25) is 0 Å². The van der Waals surface area contributed by atoms with E-state index in [-0.39, 0.29) is 26.5 Å². The van der Waals surface area contributed by atoms with Crippen molar-refractivity contribution in [2.24, 2.45) is 0 Å². The molecule has 11 aromatic rings. The summed E-state index contributed by atoms with van der Waals surface area (Å²) in [7, 11) is 0. The first-order valence-electron chi connectivity index (χ1n) is 23.3. The zero-order valence-electron chi connectivity index (χ0n) is 39.1. The van der Waals surface area contributed by atoms with Crippen molar-refractivity contribution in [1.82, 2.24) is 24.5 Å². The molecular weight excluding hydrogens is 1040 g/mol. The van der Waals surface area contributed by atoms with E-state index in [9.17, 15) is 0 Å². The Balaban J connectivity index is 0.00000533. The molecule has 70 heavy (non-hydrogen) atoms. The van der Waals surface area contributed by atoms with Crippen LogP contribution in [0, 0.1) is 25.7 Å². The number of anilines is 4. The summed E-state index contributed by atoms with van der Waals surface area (Å²) in [5.74, 6) is 2.42. The van der Waals surface area contributed by atoms with Gasteiger partial charge in [0, 0.05) is 66.5 Å². The molecule has 1 aliphatic rings. The minimum Gasteiger partial charge on any atom is -0.488 e. The molecule has 0 saturated carbocycles. The van der Waals surface area contributed by atoms with Crippen LogP contribution in [0.1, 0.15) is 31.9 Å². The zero-order chi connectivity index (χ0) is 46.6. The van der Waals surface area contributed by atoms with Crippen LogP contribution in [-0.4, -0.2) is 24.5 Å². The fraction of sp³-hybridized carbons (Fsp3) is 0.0806. The monoisotopic (exact) mass is 1080 g/mol. The van der Waals surface area contributed by atoms with Gasteiger partial charge in [0.1, 0.15) is 11.6 Å². The van der Waals surface area contributed by atoms with E-state index in [4.69, 9.17) is 19.9 Å². The van der Waals surface area contributed by atoms with Crippen LogP contribution in [0.2, 0.25) is 0 Å². The van der Waals surface area contributed by atoms with E-state index >= 15 is 0 Å². The molecule has 7 nitrogen and oxygen atoms in total. The topological polar surface area (TPSA) is 63.0 Å². The molecule has 0 amide bonds. The molecule has 0 N–H and O–H groups in total. The standard InChI is InChI=1S/C62H46N7.Pt/c1-41-35-36-63-57(37-41)69-53-26-12-11-23-51(53)52-34-31-46(39-56(52)69)61-65-59(44-29-32-47(33-30-44)62(2,3)4)64-60(66-61)45-21-15-22-48(38-45)67-40-68(55-28-14-13-27-54(55)67)58-49(42-17-7-5-8-18-42)24-16-25-50(58)43-19-9-6-10-20-43;/h5-37,40H,1-4H3;/q-3;. The third kappa shape index (κ3) is 8.06. The smallest absolute Gasteiger partial charge is 0.144 e. The van der Waals surface area contributed by atoms with Gasteiger partial charge in [-0.3, -0.25) is 9.97 Å². The minimum absolute atomic E-state index is 0.